The van der Waals surface area contributed by atoms with E-state index in [4.69, 9.17) is 9.05 Å². The minimum atomic E-state index is -2.96. The number of rotatable bonds is 9. The van der Waals surface area contributed by atoms with E-state index in [2.05, 4.69) is 13.8 Å². The molecule has 0 aromatic carbocycles. The summed E-state index contributed by atoms with van der Waals surface area (Å²) in [5.74, 6) is 1.54. The van der Waals surface area contributed by atoms with Crippen molar-refractivity contribution in [2.45, 2.75) is 46.5 Å². The summed E-state index contributed by atoms with van der Waals surface area (Å²) >= 11 is 0. The molecule has 0 radical (unpaired) electrons. The van der Waals surface area contributed by atoms with Crippen LogP contribution < -0.4 is 0 Å². The van der Waals surface area contributed by atoms with Crippen LogP contribution in [-0.4, -0.2) is 13.2 Å². The van der Waals surface area contributed by atoms with Gasteiger partial charge in [-0.3, -0.25) is 4.57 Å². The Balaban J connectivity index is 4.01. The molecule has 0 saturated heterocycles. The normalized spacial score (nSPS) is 12.5. The van der Waals surface area contributed by atoms with Crippen LogP contribution in [0.5, 0.6) is 0 Å². The summed E-state index contributed by atoms with van der Waals surface area (Å²) in [7, 11) is -2.96. The predicted octanol–water partition coefficient (Wildman–Crippen LogP) is 4.35. The van der Waals surface area contributed by atoms with Crippen molar-refractivity contribution in [3.63, 3.8) is 0 Å². The van der Waals surface area contributed by atoms with E-state index in [-0.39, 0.29) is 0 Å². The lowest BCUT2D eigenvalue weighted by Crippen LogP contribution is -1.97. The van der Waals surface area contributed by atoms with Crippen molar-refractivity contribution in [2.75, 3.05) is 13.2 Å². The van der Waals surface area contributed by atoms with E-state index in [1.807, 2.05) is 6.92 Å². The Morgan fingerprint density at radius 2 is 1.53 bits per heavy atom. The van der Waals surface area contributed by atoms with E-state index in [0.717, 1.165) is 25.7 Å². The molecule has 0 rings (SSSR count). The van der Waals surface area contributed by atoms with Gasteiger partial charge in [0.1, 0.15) is 0 Å². The molecule has 15 heavy (non-hydrogen) atoms. The van der Waals surface area contributed by atoms with E-state index in [9.17, 15) is 4.57 Å². The van der Waals surface area contributed by atoms with Crippen molar-refractivity contribution in [1.29, 1.82) is 0 Å². The first-order chi connectivity index (χ1) is 7.18. The zero-order chi connectivity index (χ0) is 11.6. The van der Waals surface area contributed by atoms with Crippen LogP contribution in [0.25, 0.3) is 0 Å². The molecule has 90 valence electrons. The van der Waals surface area contributed by atoms with Gasteiger partial charge in [-0.25, -0.2) is 0 Å². The maximum Gasteiger partial charge on any atom is 0.353 e. The van der Waals surface area contributed by atoms with Crippen LogP contribution in [0.1, 0.15) is 46.5 Å². The summed E-state index contributed by atoms with van der Waals surface area (Å²) in [6.07, 6.45) is 5.62. The van der Waals surface area contributed by atoms with Crippen LogP contribution in [0, 0.1) is 0 Å². The van der Waals surface area contributed by atoms with Gasteiger partial charge in [0.25, 0.3) is 0 Å². The van der Waals surface area contributed by atoms with E-state index in [1.54, 1.807) is 11.9 Å². The number of allylic oxidation sites excluding steroid dienone is 1. The second kappa shape index (κ2) is 9.14. The highest BCUT2D eigenvalue weighted by atomic mass is 31.2. The Kier molecular flexibility index (Phi) is 9.07. The first-order valence-electron chi connectivity index (χ1n) is 5.71. The van der Waals surface area contributed by atoms with Gasteiger partial charge >= 0.3 is 7.60 Å². The van der Waals surface area contributed by atoms with E-state index >= 15 is 0 Å². The van der Waals surface area contributed by atoms with Crippen molar-refractivity contribution in [2.24, 2.45) is 0 Å². The van der Waals surface area contributed by atoms with Gasteiger partial charge in [-0.05, 0) is 19.8 Å². The molecule has 0 unspecified atom stereocenters. The fourth-order valence-electron chi connectivity index (χ4n) is 0.978. The molecule has 0 spiro atoms. The SMILES string of the molecule is C/C=C\P(=O)(OCCCC)OCCCC. The van der Waals surface area contributed by atoms with Crippen LogP contribution in [0.2, 0.25) is 0 Å². The quantitative estimate of drug-likeness (QED) is 0.439. The summed E-state index contributed by atoms with van der Waals surface area (Å²) in [4.78, 5) is 0. The highest BCUT2D eigenvalue weighted by Crippen LogP contribution is 2.50. The number of unbranched alkanes of at least 4 members (excludes halogenated alkanes) is 2. The minimum absolute atomic E-state index is 0.504. The highest BCUT2D eigenvalue weighted by Gasteiger charge is 2.19. The summed E-state index contributed by atoms with van der Waals surface area (Å²) in [5, 5.41) is 0. The van der Waals surface area contributed by atoms with E-state index in [0.29, 0.717) is 13.2 Å². The Morgan fingerprint density at radius 1 is 1.07 bits per heavy atom. The van der Waals surface area contributed by atoms with Gasteiger partial charge < -0.3 is 9.05 Å². The smallest absolute Gasteiger partial charge is 0.306 e. The molecule has 4 heteroatoms. The maximum atomic E-state index is 12.0. The lowest BCUT2D eigenvalue weighted by Gasteiger charge is -2.14. The van der Waals surface area contributed by atoms with Crippen LogP contribution >= 0.6 is 7.60 Å². The van der Waals surface area contributed by atoms with Gasteiger partial charge in [0.2, 0.25) is 0 Å². The van der Waals surface area contributed by atoms with Crippen molar-refractivity contribution >= 4 is 7.60 Å². The predicted molar refractivity (Wildman–Crippen MR) is 64.1 cm³/mol. The lowest BCUT2D eigenvalue weighted by atomic mass is 10.4. The van der Waals surface area contributed by atoms with Gasteiger partial charge in [-0.1, -0.05) is 32.8 Å². The molecule has 0 aliphatic heterocycles. The molecule has 0 aliphatic rings. The molecular weight excluding hydrogens is 211 g/mol. The lowest BCUT2D eigenvalue weighted by molar-refractivity contribution is 0.207. The van der Waals surface area contributed by atoms with Gasteiger partial charge in [0.05, 0.1) is 13.2 Å². The van der Waals surface area contributed by atoms with Crippen LogP contribution in [0.3, 0.4) is 0 Å². The monoisotopic (exact) mass is 234 g/mol. The third-order valence-electron chi connectivity index (χ3n) is 1.87. The highest BCUT2D eigenvalue weighted by molar-refractivity contribution is 7.57. The Morgan fingerprint density at radius 3 is 1.87 bits per heavy atom. The summed E-state index contributed by atoms with van der Waals surface area (Å²) in [6.45, 7) is 6.97. The molecule has 3 nitrogen and oxygen atoms in total. The maximum absolute atomic E-state index is 12.0. The average molecular weight is 234 g/mol. The molecule has 0 atom stereocenters. The summed E-state index contributed by atoms with van der Waals surface area (Å²) in [6, 6.07) is 0. The molecule has 0 aromatic rings. The minimum Gasteiger partial charge on any atom is -0.306 e. The Bertz CT molecular complexity index is 200. The van der Waals surface area contributed by atoms with Crippen molar-refractivity contribution in [3.05, 3.63) is 11.9 Å². The second-order valence-electron chi connectivity index (χ2n) is 3.40. The molecule has 0 aromatic heterocycles. The molecule has 0 amide bonds. The molecule has 0 heterocycles. The molecule has 0 aliphatic carbocycles. The fourth-order valence-corrected chi connectivity index (χ4v) is 2.36. The first-order valence-corrected chi connectivity index (χ1v) is 7.32. The molecule has 0 N–H and O–H groups in total. The molecule has 0 bridgehead atoms. The van der Waals surface area contributed by atoms with Gasteiger partial charge in [-0.2, -0.15) is 0 Å². The van der Waals surface area contributed by atoms with E-state index in [1.165, 1.54) is 0 Å². The second-order valence-corrected chi connectivity index (χ2v) is 5.29. The first kappa shape index (κ1) is 14.9. The zero-order valence-electron chi connectivity index (χ0n) is 10.1. The summed E-state index contributed by atoms with van der Waals surface area (Å²) in [5.41, 5.74) is 0. The fraction of sp³-hybridized carbons (Fsp3) is 0.818. The average Bonchev–Trinajstić information content (AvgIpc) is 2.19. The number of hydrogen-bond donors (Lipinski definition) is 0. The van der Waals surface area contributed by atoms with Crippen molar-refractivity contribution in [1.82, 2.24) is 0 Å². The third kappa shape index (κ3) is 7.78. The standard InChI is InChI=1S/C11H23O3P/c1-4-7-9-13-15(12,11-6-3)14-10-8-5-2/h6,11H,4-5,7-10H2,1-3H3/b11-6-. The van der Waals surface area contributed by atoms with Crippen molar-refractivity contribution in [3.8, 4) is 0 Å². The Hall–Kier alpha value is -0.110. The van der Waals surface area contributed by atoms with Gasteiger partial charge in [-0.15, -0.1) is 0 Å². The molecule has 0 fully saturated rings. The molecule has 0 saturated carbocycles. The topological polar surface area (TPSA) is 35.5 Å². The Labute approximate surface area is 93.4 Å². The largest absolute Gasteiger partial charge is 0.353 e. The molecular formula is C11H23O3P. The third-order valence-corrected chi connectivity index (χ3v) is 3.62. The zero-order valence-corrected chi connectivity index (χ0v) is 11.0. The summed E-state index contributed by atoms with van der Waals surface area (Å²) < 4.78 is 22.6. The van der Waals surface area contributed by atoms with Gasteiger partial charge in [0.15, 0.2) is 0 Å². The van der Waals surface area contributed by atoms with Crippen molar-refractivity contribution < 1.29 is 13.6 Å². The number of hydrogen-bond acceptors (Lipinski definition) is 3. The van der Waals surface area contributed by atoms with Crippen LogP contribution in [0.4, 0.5) is 0 Å². The van der Waals surface area contributed by atoms with Crippen LogP contribution in [-0.2, 0) is 13.6 Å². The van der Waals surface area contributed by atoms with Gasteiger partial charge in [0, 0.05) is 5.82 Å². The van der Waals surface area contributed by atoms with Crippen LogP contribution in [0.15, 0.2) is 11.9 Å². The van der Waals surface area contributed by atoms with E-state index < -0.39 is 7.60 Å².